The molecule has 2 amide bonds. The third-order valence-corrected chi connectivity index (χ3v) is 4.86. The highest BCUT2D eigenvalue weighted by Gasteiger charge is 2.47. The van der Waals surface area contributed by atoms with Crippen molar-refractivity contribution < 1.29 is 18.0 Å². The molecule has 1 fully saturated rings. The number of nitrogens with two attached hydrogens (primary N) is 1. The minimum Gasteiger partial charge on any atom is -0.274 e. The summed E-state index contributed by atoms with van der Waals surface area (Å²) in [7, 11) is -3.79. The lowest BCUT2D eigenvalue weighted by atomic mass is 9.85. The highest BCUT2D eigenvalue weighted by Crippen LogP contribution is 2.37. The first-order chi connectivity index (χ1) is 9.89. The zero-order valence-electron chi connectivity index (χ0n) is 11.1. The van der Waals surface area contributed by atoms with Crippen LogP contribution in [0.15, 0.2) is 41.3 Å². The molecule has 2 aliphatic rings. The van der Waals surface area contributed by atoms with Crippen molar-refractivity contribution in [1.29, 1.82) is 0 Å². The Morgan fingerprint density at radius 3 is 1.86 bits per heavy atom. The van der Waals surface area contributed by atoms with Gasteiger partial charge in [0.2, 0.25) is 21.8 Å². The van der Waals surface area contributed by atoms with Gasteiger partial charge >= 0.3 is 0 Å². The van der Waals surface area contributed by atoms with E-state index in [-0.39, 0.29) is 28.5 Å². The average Bonchev–Trinajstić information content (AvgIpc) is 2.71. The SMILES string of the molecule is NS(=O)(=O)c1ccc(N2C(=O)[C@H]3CC=CC[C@@H]3C2=O)cc1. The van der Waals surface area contributed by atoms with Crippen LogP contribution in [0.5, 0.6) is 0 Å². The van der Waals surface area contributed by atoms with Gasteiger partial charge in [0, 0.05) is 0 Å². The Kier molecular flexibility index (Phi) is 3.18. The number of sulfonamides is 1. The van der Waals surface area contributed by atoms with Gasteiger partial charge < -0.3 is 0 Å². The van der Waals surface area contributed by atoms with Crippen molar-refractivity contribution in [1.82, 2.24) is 0 Å². The van der Waals surface area contributed by atoms with Crippen molar-refractivity contribution in [3.8, 4) is 0 Å². The molecule has 0 bridgehead atoms. The predicted molar refractivity (Wildman–Crippen MR) is 75.7 cm³/mol. The zero-order chi connectivity index (χ0) is 15.2. The lowest BCUT2D eigenvalue weighted by Crippen LogP contribution is -2.30. The van der Waals surface area contributed by atoms with Gasteiger partial charge in [0.05, 0.1) is 22.4 Å². The fourth-order valence-electron chi connectivity index (χ4n) is 2.84. The molecule has 3 rings (SSSR count). The molecule has 1 heterocycles. The molecule has 7 heteroatoms. The molecule has 0 radical (unpaired) electrons. The number of rotatable bonds is 2. The van der Waals surface area contributed by atoms with Gasteiger partial charge in [-0.05, 0) is 37.1 Å². The first kappa shape index (κ1) is 14.0. The van der Waals surface area contributed by atoms with E-state index in [1.54, 1.807) is 0 Å². The number of primary sulfonamides is 1. The first-order valence-electron chi connectivity index (χ1n) is 6.55. The molecule has 1 aromatic carbocycles. The van der Waals surface area contributed by atoms with Crippen LogP contribution >= 0.6 is 0 Å². The fourth-order valence-corrected chi connectivity index (χ4v) is 3.36. The molecule has 21 heavy (non-hydrogen) atoms. The van der Waals surface area contributed by atoms with Gasteiger partial charge in [-0.3, -0.25) is 14.5 Å². The number of anilines is 1. The highest BCUT2D eigenvalue weighted by atomic mass is 32.2. The molecule has 6 nitrogen and oxygen atoms in total. The number of hydrogen-bond donors (Lipinski definition) is 1. The van der Waals surface area contributed by atoms with Crippen LogP contribution in [-0.4, -0.2) is 20.2 Å². The molecule has 1 aliphatic heterocycles. The van der Waals surface area contributed by atoms with E-state index in [1.165, 1.54) is 24.3 Å². The molecule has 2 atom stereocenters. The number of carbonyl (C=O) groups is 2. The summed E-state index contributed by atoms with van der Waals surface area (Å²) in [6, 6.07) is 5.46. The average molecular weight is 306 g/mol. The lowest BCUT2D eigenvalue weighted by molar-refractivity contribution is -0.122. The number of hydrogen-bond acceptors (Lipinski definition) is 4. The maximum atomic E-state index is 12.4. The maximum Gasteiger partial charge on any atom is 0.238 e. The van der Waals surface area contributed by atoms with Crippen molar-refractivity contribution in [2.75, 3.05) is 4.90 Å². The largest absolute Gasteiger partial charge is 0.274 e. The quantitative estimate of drug-likeness (QED) is 0.645. The standard InChI is InChI=1S/C14H14N2O4S/c15-21(19,20)10-7-5-9(6-8-10)16-13(17)11-3-1-2-4-12(11)14(16)18/h1-2,5-8,11-12H,3-4H2,(H2,15,19,20)/t11-,12-/m0/s1. The van der Waals surface area contributed by atoms with Crippen LogP contribution in [-0.2, 0) is 19.6 Å². The summed E-state index contributed by atoms with van der Waals surface area (Å²) in [5, 5.41) is 5.03. The molecule has 0 aromatic heterocycles. The Bertz CT molecular complexity index is 711. The van der Waals surface area contributed by atoms with E-state index in [0.717, 1.165) is 4.90 Å². The second-order valence-corrected chi connectivity index (χ2v) is 6.77. The molecule has 110 valence electrons. The van der Waals surface area contributed by atoms with Gasteiger partial charge in [-0.25, -0.2) is 13.6 Å². The Balaban J connectivity index is 1.94. The van der Waals surface area contributed by atoms with E-state index in [9.17, 15) is 18.0 Å². The summed E-state index contributed by atoms with van der Waals surface area (Å²) in [6.45, 7) is 0. The Morgan fingerprint density at radius 1 is 0.952 bits per heavy atom. The number of benzene rings is 1. The number of imide groups is 1. The van der Waals surface area contributed by atoms with Gasteiger partial charge in [0.25, 0.3) is 0 Å². The molecule has 1 saturated heterocycles. The molecular weight excluding hydrogens is 292 g/mol. The van der Waals surface area contributed by atoms with Crippen LogP contribution in [0.2, 0.25) is 0 Å². The van der Waals surface area contributed by atoms with Crippen molar-refractivity contribution in [3.63, 3.8) is 0 Å². The first-order valence-corrected chi connectivity index (χ1v) is 8.10. The smallest absolute Gasteiger partial charge is 0.238 e. The van der Waals surface area contributed by atoms with Gasteiger partial charge in [-0.1, -0.05) is 12.2 Å². The molecular formula is C14H14N2O4S. The van der Waals surface area contributed by atoms with Crippen molar-refractivity contribution in [2.24, 2.45) is 17.0 Å². The van der Waals surface area contributed by atoms with Crippen molar-refractivity contribution in [3.05, 3.63) is 36.4 Å². The molecule has 0 spiro atoms. The van der Waals surface area contributed by atoms with Crippen LogP contribution in [0.1, 0.15) is 12.8 Å². The topological polar surface area (TPSA) is 97.5 Å². The number of allylic oxidation sites excluding steroid dienone is 2. The van der Waals surface area contributed by atoms with Gasteiger partial charge in [0.1, 0.15) is 0 Å². The van der Waals surface area contributed by atoms with E-state index in [2.05, 4.69) is 0 Å². The number of nitrogens with zero attached hydrogens (tertiary/aromatic N) is 1. The minimum absolute atomic E-state index is 0.0515. The summed E-state index contributed by atoms with van der Waals surface area (Å²) in [5.41, 5.74) is 0.381. The lowest BCUT2D eigenvalue weighted by Gasteiger charge is -2.14. The Labute approximate surface area is 122 Å². The summed E-state index contributed by atoms with van der Waals surface area (Å²) in [4.78, 5) is 25.8. The van der Waals surface area contributed by atoms with Crippen molar-refractivity contribution >= 4 is 27.5 Å². The third-order valence-electron chi connectivity index (χ3n) is 3.93. The van der Waals surface area contributed by atoms with Crippen LogP contribution in [0, 0.1) is 11.8 Å². The van der Waals surface area contributed by atoms with E-state index in [1.807, 2.05) is 12.2 Å². The number of amides is 2. The highest BCUT2D eigenvalue weighted by molar-refractivity contribution is 7.89. The Morgan fingerprint density at radius 2 is 1.43 bits per heavy atom. The van der Waals surface area contributed by atoms with Crippen LogP contribution in [0.3, 0.4) is 0 Å². The second-order valence-electron chi connectivity index (χ2n) is 5.21. The zero-order valence-corrected chi connectivity index (χ0v) is 11.9. The summed E-state index contributed by atoms with van der Waals surface area (Å²) in [6.07, 6.45) is 4.97. The van der Waals surface area contributed by atoms with E-state index in [0.29, 0.717) is 18.5 Å². The molecule has 1 aromatic rings. The van der Waals surface area contributed by atoms with E-state index < -0.39 is 10.0 Å². The van der Waals surface area contributed by atoms with Crippen LogP contribution in [0.25, 0.3) is 0 Å². The maximum absolute atomic E-state index is 12.4. The van der Waals surface area contributed by atoms with E-state index in [4.69, 9.17) is 5.14 Å². The predicted octanol–water partition coefficient (Wildman–Crippen LogP) is 0.790. The van der Waals surface area contributed by atoms with Gasteiger partial charge in [-0.15, -0.1) is 0 Å². The van der Waals surface area contributed by atoms with Crippen LogP contribution < -0.4 is 10.0 Å². The van der Waals surface area contributed by atoms with Gasteiger partial charge in [0.15, 0.2) is 0 Å². The molecule has 0 saturated carbocycles. The summed E-state index contributed by atoms with van der Waals surface area (Å²) >= 11 is 0. The second kappa shape index (κ2) is 4.78. The molecule has 1 aliphatic carbocycles. The van der Waals surface area contributed by atoms with Crippen LogP contribution in [0.4, 0.5) is 5.69 Å². The third kappa shape index (κ3) is 2.28. The van der Waals surface area contributed by atoms with Crippen molar-refractivity contribution in [2.45, 2.75) is 17.7 Å². The number of carbonyl (C=O) groups excluding carboxylic acids is 2. The summed E-state index contributed by atoms with van der Waals surface area (Å²) in [5.74, 6) is -1.06. The van der Waals surface area contributed by atoms with E-state index >= 15 is 0 Å². The molecule has 0 unspecified atom stereocenters. The fraction of sp³-hybridized carbons (Fsp3) is 0.286. The Hall–Kier alpha value is -1.99. The minimum atomic E-state index is -3.79. The monoisotopic (exact) mass is 306 g/mol. The van der Waals surface area contributed by atoms with Gasteiger partial charge in [-0.2, -0.15) is 0 Å². The molecule has 2 N–H and O–H groups in total. The summed E-state index contributed by atoms with van der Waals surface area (Å²) < 4.78 is 22.4. The number of fused-ring (bicyclic) bond motifs is 1. The normalized spacial score (nSPS) is 25.3.